The molecular formula is C28H28F3N3O6. The Hall–Kier alpha value is -4.45. The second-order valence-electron chi connectivity index (χ2n) is 9.34. The van der Waals surface area contributed by atoms with Gasteiger partial charge in [-0.25, -0.2) is 4.79 Å². The monoisotopic (exact) mass is 559 g/mol. The zero-order valence-corrected chi connectivity index (χ0v) is 21.7. The molecule has 1 heterocycles. The van der Waals surface area contributed by atoms with E-state index >= 15 is 0 Å². The quantitative estimate of drug-likeness (QED) is 0.325. The molecule has 3 aromatic rings. The van der Waals surface area contributed by atoms with Crippen molar-refractivity contribution < 1.29 is 37.4 Å². The van der Waals surface area contributed by atoms with E-state index in [1.54, 1.807) is 47.8 Å². The number of hydrogen-bond donors (Lipinski definition) is 3. The molecule has 0 aliphatic rings. The topological polar surface area (TPSA) is 127 Å². The van der Waals surface area contributed by atoms with Crippen molar-refractivity contribution in [3.8, 4) is 0 Å². The number of benzene rings is 2. The second-order valence-corrected chi connectivity index (χ2v) is 9.34. The lowest BCUT2D eigenvalue weighted by Gasteiger charge is -2.32. The van der Waals surface area contributed by atoms with Crippen molar-refractivity contribution in [3.63, 3.8) is 0 Å². The highest BCUT2D eigenvalue weighted by Gasteiger charge is 2.54. The van der Waals surface area contributed by atoms with E-state index in [9.17, 15) is 37.5 Å². The van der Waals surface area contributed by atoms with E-state index in [2.05, 4.69) is 5.32 Å². The summed E-state index contributed by atoms with van der Waals surface area (Å²) >= 11 is 0. The molecule has 0 fully saturated rings. The molecular weight excluding hydrogens is 531 g/mol. The molecule has 0 spiro atoms. The van der Waals surface area contributed by atoms with Crippen molar-refractivity contribution in [2.75, 3.05) is 5.32 Å². The molecule has 12 heteroatoms. The number of aliphatic hydroxyl groups is 1. The van der Waals surface area contributed by atoms with E-state index in [0.717, 1.165) is 24.0 Å². The molecule has 1 aromatic heterocycles. The number of nitrogens with one attached hydrogen (secondary N) is 2. The molecule has 40 heavy (non-hydrogen) atoms. The Labute approximate surface area is 227 Å². The van der Waals surface area contributed by atoms with Crippen molar-refractivity contribution in [3.05, 3.63) is 100.0 Å². The number of amides is 2. The number of hydrogen-bond acceptors (Lipinski definition) is 6. The summed E-state index contributed by atoms with van der Waals surface area (Å²) in [7, 11) is 0. The number of ether oxygens (including phenoxy) is 1. The van der Waals surface area contributed by atoms with Gasteiger partial charge in [-0.1, -0.05) is 74.5 Å². The van der Waals surface area contributed by atoms with Crippen LogP contribution in [-0.2, 0) is 33.9 Å². The molecule has 0 aliphatic heterocycles. The van der Waals surface area contributed by atoms with E-state index in [1.165, 1.54) is 12.3 Å². The number of ketones is 1. The summed E-state index contributed by atoms with van der Waals surface area (Å²) in [6.45, 7) is 1.32. The maximum atomic E-state index is 13.1. The van der Waals surface area contributed by atoms with Gasteiger partial charge in [0.1, 0.15) is 18.8 Å². The molecule has 9 nitrogen and oxygen atoms in total. The highest BCUT2D eigenvalue weighted by molar-refractivity contribution is 5.95. The molecule has 0 radical (unpaired) electrons. The highest BCUT2D eigenvalue weighted by atomic mass is 19.4. The van der Waals surface area contributed by atoms with Gasteiger partial charge in [-0.05, 0) is 29.2 Å². The molecule has 2 aromatic carbocycles. The van der Waals surface area contributed by atoms with Crippen LogP contribution in [-0.4, -0.2) is 39.4 Å². The van der Waals surface area contributed by atoms with Crippen LogP contribution in [0.25, 0.3) is 0 Å². The lowest BCUT2D eigenvalue weighted by atomic mass is 9.94. The number of Topliss-reactive ketones (excluding diaryl/α,β-unsaturated/α-hetero) is 1. The fourth-order valence-corrected chi connectivity index (χ4v) is 3.79. The summed E-state index contributed by atoms with van der Waals surface area (Å²) in [6, 6.07) is 19.2. The summed E-state index contributed by atoms with van der Waals surface area (Å²) in [5.41, 5.74) is -2.34. The van der Waals surface area contributed by atoms with Gasteiger partial charge in [-0.15, -0.1) is 0 Å². The normalized spacial score (nSPS) is 12.9. The first-order valence-electron chi connectivity index (χ1n) is 12.2. The van der Waals surface area contributed by atoms with Crippen molar-refractivity contribution in [2.45, 2.75) is 45.3 Å². The number of nitrogens with zero attached hydrogens (tertiary/aromatic N) is 1. The predicted molar refractivity (Wildman–Crippen MR) is 139 cm³/mol. The van der Waals surface area contributed by atoms with E-state index in [1.807, 2.05) is 18.2 Å². The smallest absolute Gasteiger partial charge is 0.444 e. The van der Waals surface area contributed by atoms with Gasteiger partial charge < -0.3 is 19.7 Å². The van der Waals surface area contributed by atoms with Crippen LogP contribution in [0.1, 0.15) is 30.5 Å². The lowest BCUT2D eigenvalue weighted by molar-refractivity contribution is -0.198. The molecule has 212 valence electrons. The van der Waals surface area contributed by atoms with Gasteiger partial charge in [0.15, 0.2) is 0 Å². The average molecular weight is 560 g/mol. The van der Waals surface area contributed by atoms with Crippen molar-refractivity contribution in [1.82, 2.24) is 9.88 Å². The Balaban J connectivity index is 1.87. The van der Waals surface area contributed by atoms with Crippen LogP contribution in [0.5, 0.6) is 0 Å². The first kappa shape index (κ1) is 30.1. The minimum atomic E-state index is -5.42. The molecule has 0 saturated carbocycles. The van der Waals surface area contributed by atoms with Gasteiger partial charge in [0, 0.05) is 12.1 Å². The van der Waals surface area contributed by atoms with Crippen LogP contribution < -0.4 is 16.2 Å². The Morgan fingerprint density at radius 2 is 1.52 bits per heavy atom. The fourth-order valence-electron chi connectivity index (χ4n) is 3.79. The van der Waals surface area contributed by atoms with Crippen LogP contribution in [0.3, 0.4) is 0 Å². The standard InChI is InChI=1S/C28H28F3N3O6/c1-18(2)27(39,25(37)28(29,30)31)33-23(35)16-34-15-21(13-19-9-5-3-6-10-19)14-22(24(34)36)32-26(38)40-17-20-11-7-4-8-12-20/h3-12,14-15,18,39H,13,16-17H2,1-2H3,(H,32,38)(H,33,35). The predicted octanol–water partition coefficient (Wildman–Crippen LogP) is 3.78. The minimum Gasteiger partial charge on any atom is -0.444 e. The van der Waals surface area contributed by atoms with Gasteiger partial charge in [-0.3, -0.25) is 19.7 Å². The Bertz CT molecular complexity index is 1410. The molecule has 3 N–H and O–H groups in total. The zero-order chi connectivity index (χ0) is 29.5. The number of carbonyl (C=O) groups is 3. The average Bonchev–Trinajstić information content (AvgIpc) is 2.90. The molecule has 1 atom stereocenters. The van der Waals surface area contributed by atoms with Crippen molar-refractivity contribution in [1.29, 1.82) is 0 Å². The summed E-state index contributed by atoms with van der Waals surface area (Å²) in [5.74, 6) is -5.12. The highest BCUT2D eigenvalue weighted by Crippen LogP contribution is 2.27. The van der Waals surface area contributed by atoms with Crippen molar-refractivity contribution in [2.24, 2.45) is 5.92 Å². The van der Waals surface area contributed by atoms with Crippen LogP contribution in [0, 0.1) is 5.92 Å². The maximum absolute atomic E-state index is 13.1. The number of aromatic nitrogens is 1. The zero-order valence-electron chi connectivity index (χ0n) is 21.7. The van der Waals surface area contributed by atoms with E-state index in [0.29, 0.717) is 11.1 Å². The number of carbonyl (C=O) groups excluding carboxylic acids is 3. The third kappa shape index (κ3) is 7.79. The maximum Gasteiger partial charge on any atom is 0.455 e. The molecule has 2 amide bonds. The molecule has 0 bridgehead atoms. The first-order valence-corrected chi connectivity index (χ1v) is 12.2. The first-order chi connectivity index (χ1) is 18.8. The van der Waals surface area contributed by atoms with Gasteiger partial charge in [0.05, 0.1) is 0 Å². The largest absolute Gasteiger partial charge is 0.455 e. The van der Waals surface area contributed by atoms with Gasteiger partial charge in [0.25, 0.3) is 11.3 Å². The van der Waals surface area contributed by atoms with Crippen LogP contribution in [0.2, 0.25) is 0 Å². The van der Waals surface area contributed by atoms with Crippen LogP contribution in [0.4, 0.5) is 23.7 Å². The van der Waals surface area contributed by atoms with Crippen LogP contribution >= 0.6 is 0 Å². The number of pyridine rings is 1. The summed E-state index contributed by atoms with van der Waals surface area (Å²) < 4.78 is 45.3. The molecule has 0 saturated heterocycles. The number of rotatable bonds is 10. The number of anilines is 1. The minimum absolute atomic E-state index is 0.0754. The third-order valence-electron chi connectivity index (χ3n) is 5.93. The second kappa shape index (κ2) is 12.6. The Morgan fingerprint density at radius 1 is 0.950 bits per heavy atom. The summed E-state index contributed by atoms with van der Waals surface area (Å²) in [6.07, 6.45) is -4.79. The van der Waals surface area contributed by atoms with Crippen molar-refractivity contribution >= 4 is 23.5 Å². The van der Waals surface area contributed by atoms with Gasteiger partial charge >= 0.3 is 12.3 Å². The molecule has 1 unspecified atom stereocenters. The Morgan fingerprint density at radius 3 is 2.08 bits per heavy atom. The van der Waals surface area contributed by atoms with E-state index in [-0.39, 0.29) is 18.7 Å². The number of halogens is 3. The van der Waals surface area contributed by atoms with Gasteiger partial charge in [0.2, 0.25) is 11.6 Å². The molecule has 3 rings (SSSR count). The fraction of sp³-hybridized carbons (Fsp3) is 0.286. The lowest BCUT2D eigenvalue weighted by Crippen LogP contribution is -2.62. The van der Waals surface area contributed by atoms with Gasteiger partial charge in [-0.2, -0.15) is 13.2 Å². The third-order valence-corrected chi connectivity index (χ3v) is 5.93. The van der Waals surface area contributed by atoms with E-state index in [4.69, 9.17) is 4.74 Å². The summed E-state index contributed by atoms with van der Waals surface area (Å²) in [4.78, 5) is 50.1. The SMILES string of the molecule is CC(C)C(O)(NC(=O)Cn1cc(Cc2ccccc2)cc(NC(=O)OCc2ccccc2)c1=O)C(=O)C(F)(F)F. The van der Waals surface area contributed by atoms with E-state index < -0.39 is 47.7 Å². The number of alkyl halides is 3. The summed E-state index contributed by atoms with van der Waals surface area (Å²) in [5, 5.41) is 14.5. The Kier molecular flexibility index (Phi) is 9.48. The molecule has 0 aliphatic carbocycles. The van der Waals surface area contributed by atoms with Crippen LogP contribution in [0.15, 0.2) is 77.7 Å².